The van der Waals surface area contributed by atoms with E-state index in [1.54, 1.807) is 11.0 Å². The van der Waals surface area contributed by atoms with Crippen LogP contribution >= 0.6 is 11.6 Å². The Morgan fingerprint density at radius 3 is 2.72 bits per heavy atom. The van der Waals surface area contributed by atoms with E-state index in [0.717, 1.165) is 5.56 Å². The van der Waals surface area contributed by atoms with Gasteiger partial charge in [-0.2, -0.15) is 0 Å². The number of benzene rings is 1. The van der Waals surface area contributed by atoms with E-state index in [1.165, 1.54) is 0 Å². The molecular formula is C13H17ClN2O2. The second kappa shape index (κ2) is 6.18. The molecule has 4 nitrogen and oxygen atoms in total. The molecular weight excluding hydrogens is 252 g/mol. The third kappa shape index (κ3) is 3.22. The van der Waals surface area contributed by atoms with Gasteiger partial charge < -0.3 is 15.4 Å². The summed E-state index contributed by atoms with van der Waals surface area (Å²) in [5.41, 5.74) is 6.86. The summed E-state index contributed by atoms with van der Waals surface area (Å²) in [5.74, 6) is 0.0609. The summed E-state index contributed by atoms with van der Waals surface area (Å²) in [4.78, 5) is 13.8. The Hall–Kier alpha value is -1.10. The molecule has 1 fully saturated rings. The second-order valence-corrected chi connectivity index (χ2v) is 4.73. The molecule has 0 aliphatic carbocycles. The molecule has 1 heterocycles. The monoisotopic (exact) mass is 268 g/mol. The highest BCUT2D eigenvalue weighted by Crippen LogP contribution is 2.23. The van der Waals surface area contributed by atoms with Gasteiger partial charge in [0.15, 0.2) is 0 Å². The van der Waals surface area contributed by atoms with Crippen molar-refractivity contribution in [2.75, 3.05) is 26.3 Å². The van der Waals surface area contributed by atoms with Crippen molar-refractivity contribution in [3.05, 3.63) is 34.9 Å². The minimum absolute atomic E-state index is 0.0609. The molecule has 18 heavy (non-hydrogen) atoms. The quantitative estimate of drug-likeness (QED) is 0.906. The lowest BCUT2D eigenvalue weighted by molar-refractivity contribution is -0.135. The molecule has 1 aliphatic heterocycles. The minimum atomic E-state index is -0.353. The van der Waals surface area contributed by atoms with Crippen LogP contribution in [0.3, 0.4) is 0 Å². The van der Waals surface area contributed by atoms with Crippen LogP contribution < -0.4 is 5.73 Å². The molecule has 1 saturated heterocycles. The van der Waals surface area contributed by atoms with Gasteiger partial charge in [-0.15, -0.1) is 0 Å². The third-order valence-electron chi connectivity index (χ3n) is 3.06. The first-order valence-corrected chi connectivity index (χ1v) is 6.42. The molecule has 2 N–H and O–H groups in total. The lowest BCUT2D eigenvalue weighted by Crippen LogP contribution is -2.41. The number of hydrogen-bond acceptors (Lipinski definition) is 3. The Kier molecular flexibility index (Phi) is 4.58. The van der Waals surface area contributed by atoms with Crippen molar-refractivity contribution in [3.8, 4) is 0 Å². The van der Waals surface area contributed by atoms with Crippen LogP contribution in [0.4, 0.5) is 0 Å². The average molecular weight is 269 g/mol. The van der Waals surface area contributed by atoms with Crippen molar-refractivity contribution in [2.24, 2.45) is 5.73 Å². The molecule has 0 spiro atoms. The molecule has 0 bridgehead atoms. The molecule has 1 aliphatic rings. The van der Waals surface area contributed by atoms with Crippen LogP contribution in [0.25, 0.3) is 0 Å². The zero-order chi connectivity index (χ0) is 13.0. The summed E-state index contributed by atoms with van der Waals surface area (Å²) in [6.07, 6.45) is 0.281. The largest absolute Gasteiger partial charge is 0.378 e. The number of ether oxygens (including phenoxy) is 1. The van der Waals surface area contributed by atoms with E-state index in [1.807, 2.05) is 18.2 Å². The first-order valence-electron chi connectivity index (χ1n) is 6.04. The lowest BCUT2D eigenvalue weighted by atomic mass is 10.0. The number of halogens is 1. The number of amides is 1. The number of nitrogens with zero attached hydrogens (tertiary/aromatic N) is 1. The van der Waals surface area contributed by atoms with E-state index in [-0.39, 0.29) is 18.4 Å². The molecule has 1 aromatic rings. The van der Waals surface area contributed by atoms with Crippen molar-refractivity contribution < 1.29 is 9.53 Å². The Morgan fingerprint density at radius 1 is 1.39 bits per heavy atom. The zero-order valence-electron chi connectivity index (χ0n) is 10.1. The number of morpholine rings is 1. The standard InChI is InChI=1S/C13H17ClN2O2/c14-11-4-2-1-3-10(11)12(15)9-13(17)16-5-7-18-8-6-16/h1-4,12H,5-9,15H2. The number of carbonyl (C=O) groups is 1. The van der Waals surface area contributed by atoms with E-state index in [9.17, 15) is 4.79 Å². The molecule has 98 valence electrons. The molecule has 1 atom stereocenters. The van der Waals surface area contributed by atoms with Gasteiger partial charge in [-0.25, -0.2) is 0 Å². The Bertz CT molecular complexity index is 419. The van der Waals surface area contributed by atoms with Gasteiger partial charge in [-0.05, 0) is 11.6 Å². The van der Waals surface area contributed by atoms with Crippen LogP contribution in [0.1, 0.15) is 18.0 Å². The Labute approximate surface area is 112 Å². The molecule has 0 radical (unpaired) electrons. The van der Waals surface area contributed by atoms with Crippen molar-refractivity contribution >= 4 is 17.5 Å². The van der Waals surface area contributed by atoms with Gasteiger partial charge in [0.1, 0.15) is 0 Å². The van der Waals surface area contributed by atoms with Gasteiger partial charge in [0.05, 0.1) is 13.2 Å². The molecule has 0 saturated carbocycles. The summed E-state index contributed by atoms with van der Waals surface area (Å²) in [6.45, 7) is 2.50. The molecule has 1 unspecified atom stereocenters. The summed E-state index contributed by atoms with van der Waals surface area (Å²) in [7, 11) is 0. The lowest BCUT2D eigenvalue weighted by Gasteiger charge is -2.28. The predicted octanol–water partition coefficient (Wildman–Crippen LogP) is 1.59. The Morgan fingerprint density at radius 2 is 2.06 bits per heavy atom. The van der Waals surface area contributed by atoms with Crippen molar-refractivity contribution in [3.63, 3.8) is 0 Å². The third-order valence-corrected chi connectivity index (χ3v) is 3.41. The second-order valence-electron chi connectivity index (χ2n) is 4.33. The topological polar surface area (TPSA) is 55.6 Å². The highest BCUT2D eigenvalue weighted by molar-refractivity contribution is 6.31. The number of hydrogen-bond donors (Lipinski definition) is 1. The van der Waals surface area contributed by atoms with Crippen LogP contribution in [-0.4, -0.2) is 37.1 Å². The first kappa shape index (κ1) is 13.3. The SMILES string of the molecule is NC(CC(=O)N1CCOCC1)c1ccccc1Cl. The van der Waals surface area contributed by atoms with Gasteiger partial charge in [0, 0.05) is 30.6 Å². The van der Waals surface area contributed by atoms with Gasteiger partial charge in [0.2, 0.25) is 5.91 Å². The maximum atomic E-state index is 12.0. The fraction of sp³-hybridized carbons (Fsp3) is 0.462. The maximum absolute atomic E-state index is 12.0. The van der Waals surface area contributed by atoms with E-state index in [4.69, 9.17) is 22.1 Å². The minimum Gasteiger partial charge on any atom is -0.378 e. The number of rotatable bonds is 3. The highest BCUT2D eigenvalue weighted by atomic mass is 35.5. The van der Waals surface area contributed by atoms with Gasteiger partial charge >= 0.3 is 0 Å². The van der Waals surface area contributed by atoms with Gasteiger partial charge in [-0.1, -0.05) is 29.8 Å². The van der Waals surface area contributed by atoms with E-state index < -0.39 is 0 Å². The average Bonchev–Trinajstić information content (AvgIpc) is 2.40. The van der Waals surface area contributed by atoms with E-state index in [2.05, 4.69) is 0 Å². The summed E-state index contributed by atoms with van der Waals surface area (Å²) in [6, 6.07) is 7.02. The highest BCUT2D eigenvalue weighted by Gasteiger charge is 2.20. The van der Waals surface area contributed by atoms with Gasteiger partial charge in [-0.3, -0.25) is 4.79 Å². The summed E-state index contributed by atoms with van der Waals surface area (Å²) < 4.78 is 5.21. The van der Waals surface area contributed by atoms with E-state index >= 15 is 0 Å². The van der Waals surface area contributed by atoms with Crippen LogP contribution in [0, 0.1) is 0 Å². The van der Waals surface area contributed by atoms with Crippen molar-refractivity contribution in [2.45, 2.75) is 12.5 Å². The molecule has 0 aromatic heterocycles. The molecule has 5 heteroatoms. The normalized spacial score (nSPS) is 17.6. The fourth-order valence-corrected chi connectivity index (χ4v) is 2.29. The van der Waals surface area contributed by atoms with Crippen LogP contribution in [-0.2, 0) is 9.53 Å². The smallest absolute Gasteiger partial charge is 0.224 e. The summed E-state index contributed by atoms with van der Waals surface area (Å²) in [5, 5.41) is 0.611. The molecule has 1 aromatic carbocycles. The van der Waals surface area contributed by atoms with Crippen LogP contribution in [0.15, 0.2) is 24.3 Å². The maximum Gasteiger partial charge on any atom is 0.224 e. The number of nitrogens with two attached hydrogens (primary N) is 1. The van der Waals surface area contributed by atoms with Gasteiger partial charge in [0.25, 0.3) is 0 Å². The molecule has 1 amide bonds. The first-order chi connectivity index (χ1) is 8.68. The van der Waals surface area contributed by atoms with Crippen LogP contribution in [0.2, 0.25) is 5.02 Å². The van der Waals surface area contributed by atoms with Crippen LogP contribution in [0.5, 0.6) is 0 Å². The van der Waals surface area contributed by atoms with Crippen molar-refractivity contribution in [1.82, 2.24) is 4.90 Å². The zero-order valence-corrected chi connectivity index (χ0v) is 10.9. The molecule has 2 rings (SSSR count). The van der Waals surface area contributed by atoms with E-state index in [0.29, 0.717) is 31.3 Å². The van der Waals surface area contributed by atoms with Crippen molar-refractivity contribution in [1.29, 1.82) is 0 Å². The summed E-state index contributed by atoms with van der Waals surface area (Å²) >= 11 is 6.06. The fourth-order valence-electron chi connectivity index (χ4n) is 2.02. The Balaban J connectivity index is 1.96. The number of carbonyl (C=O) groups excluding carboxylic acids is 1. The predicted molar refractivity (Wildman–Crippen MR) is 70.4 cm³/mol.